The zero-order chi connectivity index (χ0) is 33.1. The second kappa shape index (κ2) is 11.6. The van der Waals surface area contributed by atoms with E-state index in [4.69, 9.17) is 4.74 Å². The van der Waals surface area contributed by atoms with Crippen LogP contribution in [0.1, 0.15) is 23.1 Å². The number of likely N-dealkylation sites (tertiary alicyclic amines) is 1. The van der Waals surface area contributed by atoms with Crippen molar-refractivity contribution < 1.29 is 45.8 Å². The molecular weight excluding hydrogens is 683 g/mol. The Bertz CT molecular complexity index is 1790. The molecule has 2 aliphatic rings. The third kappa shape index (κ3) is 5.45. The molecule has 3 aromatic rings. The monoisotopic (exact) mass is 711 g/mol. The molecular formula is C30H29BrF3N3O7S. The number of aryl methyl sites for hydroxylation is 1. The van der Waals surface area contributed by atoms with Crippen LogP contribution in [0.5, 0.6) is 11.5 Å². The lowest BCUT2D eigenvalue weighted by Gasteiger charge is -2.42. The first-order valence-electron chi connectivity index (χ1n) is 13.6. The van der Waals surface area contributed by atoms with Crippen LogP contribution >= 0.6 is 15.9 Å². The van der Waals surface area contributed by atoms with Gasteiger partial charge in [0.05, 0.1) is 24.9 Å². The number of methoxy groups -OCH3 is 1. The molecule has 3 aromatic carbocycles. The van der Waals surface area contributed by atoms with Crippen LogP contribution in [0.25, 0.3) is 0 Å². The van der Waals surface area contributed by atoms with E-state index >= 15 is 4.79 Å². The highest BCUT2D eigenvalue weighted by Crippen LogP contribution is 2.54. The van der Waals surface area contributed by atoms with Gasteiger partial charge in [0.1, 0.15) is 10.6 Å². The fourth-order valence-corrected chi connectivity index (χ4v) is 8.03. The first-order chi connectivity index (χ1) is 21.0. The summed E-state index contributed by atoms with van der Waals surface area (Å²) in [4.78, 5) is 30.5. The smallest absolute Gasteiger partial charge is 0.497 e. The number of rotatable bonds is 7. The van der Waals surface area contributed by atoms with Gasteiger partial charge in [-0.05, 0) is 54.8 Å². The van der Waals surface area contributed by atoms with E-state index in [0.717, 1.165) is 18.2 Å². The topological polar surface area (TPSA) is 117 Å². The van der Waals surface area contributed by atoms with Gasteiger partial charge in [-0.25, -0.2) is 12.7 Å². The van der Waals surface area contributed by atoms with E-state index in [1.165, 1.54) is 49.2 Å². The Hall–Kier alpha value is -3.66. The van der Waals surface area contributed by atoms with Gasteiger partial charge < -0.3 is 19.5 Å². The molecule has 1 N–H and O–H groups in total. The van der Waals surface area contributed by atoms with Crippen LogP contribution in [0.4, 0.5) is 18.9 Å². The lowest BCUT2D eigenvalue weighted by Crippen LogP contribution is -2.59. The van der Waals surface area contributed by atoms with E-state index in [1.807, 2.05) is 0 Å². The molecule has 1 fully saturated rings. The number of β-amino-alcohol motifs (C(OH)–C–C–N with tert-alkyl or cyclic N) is 1. The number of nitrogens with zero attached hydrogens (tertiary/aromatic N) is 3. The number of ether oxygens (including phenoxy) is 2. The van der Waals surface area contributed by atoms with Crippen LogP contribution < -0.4 is 13.8 Å². The van der Waals surface area contributed by atoms with Crippen LogP contribution in [-0.2, 0) is 25.2 Å². The molecule has 1 unspecified atom stereocenters. The molecule has 2 amide bonds. The highest BCUT2D eigenvalue weighted by Gasteiger charge is 2.63. The molecule has 2 aliphatic heterocycles. The molecule has 10 nitrogen and oxygen atoms in total. The van der Waals surface area contributed by atoms with Crippen LogP contribution in [-0.4, -0.2) is 81.4 Å². The minimum atomic E-state index is -5.27. The van der Waals surface area contributed by atoms with Gasteiger partial charge in [0.2, 0.25) is 5.91 Å². The van der Waals surface area contributed by atoms with Crippen molar-refractivity contribution in [1.82, 2.24) is 9.80 Å². The maximum Gasteiger partial charge on any atom is 0.573 e. The molecule has 3 atom stereocenters. The summed E-state index contributed by atoms with van der Waals surface area (Å²) in [5, 5.41) is 10.9. The number of sulfonamides is 1. The average Bonchev–Trinajstić information content (AvgIpc) is 3.46. The summed E-state index contributed by atoms with van der Waals surface area (Å²) < 4.78 is 79.4. The van der Waals surface area contributed by atoms with E-state index < -0.39 is 56.5 Å². The summed E-state index contributed by atoms with van der Waals surface area (Å²) in [7, 11) is -0.896. The number of aliphatic hydroxyl groups is 1. The highest BCUT2D eigenvalue weighted by atomic mass is 79.9. The largest absolute Gasteiger partial charge is 0.573 e. The van der Waals surface area contributed by atoms with Crippen LogP contribution in [0.15, 0.2) is 70.0 Å². The van der Waals surface area contributed by atoms with Crippen molar-refractivity contribution >= 4 is 43.5 Å². The van der Waals surface area contributed by atoms with Crippen LogP contribution in [0.3, 0.4) is 0 Å². The number of amides is 2. The molecule has 0 spiro atoms. The Morgan fingerprint density at radius 2 is 1.78 bits per heavy atom. The molecule has 0 aliphatic carbocycles. The Labute approximate surface area is 266 Å². The summed E-state index contributed by atoms with van der Waals surface area (Å²) >= 11 is 3.41. The molecule has 0 bridgehead atoms. The number of hydrogen-bond acceptors (Lipinski definition) is 8. The number of alkyl halides is 3. The molecule has 45 heavy (non-hydrogen) atoms. The third-order valence-electron chi connectivity index (χ3n) is 7.93. The second-order valence-corrected chi connectivity index (χ2v) is 13.6. The number of carbonyl (C=O) groups excluding carboxylic acids is 2. The van der Waals surface area contributed by atoms with Crippen molar-refractivity contribution in [2.24, 2.45) is 0 Å². The van der Waals surface area contributed by atoms with Gasteiger partial charge in [-0.3, -0.25) is 14.5 Å². The van der Waals surface area contributed by atoms with Crippen molar-refractivity contribution in [3.05, 3.63) is 81.8 Å². The standard InChI is InChI=1S/C30H29BrF3N3O7S/c1-17-7-5-6-8-21(17)29(36-16-19(38)14-24(36)27(39)35(2)3)22-13-18(31)9-11-23(22)37(28(29)40)45(41,42)26-12-10-20(43-4)15-25(26)44-30(32,33)34/h5-13,15,19,24,38H,14,16H2,1-4H3/t19-,24+,29?/m1/s1. The molecule has 240 valence electrons. The summed E-state index contributed by atoms with van der Waals surface area (Å²) in [6, 6.07) is 12.8. The number of likely N-dealkylation sites (N-methyl/N-ethyl adjacent to an activating group) is 1. The lowest BCUT2D eigenvalue weighted by atomic mass is 9.79. The van der Waals surface area contributed by atoms with Crippen LogP contribution in [0, 0.1) is 6.92 Å². The van der Waals surface area contributed by atoms with Crippen molar-refractivity contribution in [3.63, 3.8) is 0 Å². The highest BCUT2D eigenvalue weighted by molar-refractivity contribution is 9.10. The zero-order valence-electron chi connectivity index (χ0n) is 24.5. The Balaban J connectivity index is 1.84. The SMILES string of the molecule is COc1ccc(S(=O)(=O)N2C(=O)C(c3ccccc3C)(N3C[C@H](O)C[C@H]3C(=O)N(C)C)c3cc(Br)ccc32)c(OC(F)(F)F)c1. The molecule has 15 heteroatoms. The summed E-state index contributed by atoms with van der Waals surface area (Å²) in [5.74, 6) is -2.71. The number of aliphatic hydroxyl groups excluding tert-OH is 1. The molecule has 1 saturated heterocycles. The maximum absolute atomic E-state index is 15.1. The number of hydrogen-bond donors (Lipinski definition) is 1. The normalized spacial score (nSPS) is 22.0. The van der Waals surface area contributed by atoms with Gasteiger partial charge in [0, 0.05) is 36.7 Å². The van der Waals surface area contributed by atoms with E-state index in [0.29, 0.717) is 19.9 Å². The van der Waals surface area contributed by atoms with Crippen LogP contribution in [0.2, 0.25) is 0 Å². The average molecular weight is 713 g/mol. The van der Waals surface area contributed by atoms with Gasteiger partial charge in [-0.1, -0.05) is 40.2 Å². The predicted molar refractivity (Wildman–Crippen MR) is 160 cm³/mol. The summed E-state index contributed by atoms with van der Waals surface area (Å²) in [6.45, 7) is 1.53. The molecule has 0 saturated carbocycles. The lowest BCUT2D eigenvalue weighted by molar-refractivity contribution is -0.275. The fourth-order valence-electron chi connectivity index (χ4n) is 6.10. The molecule has 5 rings (SSSR count). The van der Waals surface area contributed by atoms with E-state index in [-0.39, 0.29) is 30.0 Å². The van der Waals surface area contributed by atoms with Gasteiger partial charge in [0.15, 0.2) is 11.3 Å². The Morgan fingerprint density at radius 3 is 2.40 bits per heavy atom. The van der Waals surface area contributed by atoms with Crippen molar-refractivity contribution in [2.75, 3.05) is 32.1 Å². The van der Waals surface area contributed by atoms with E-state index in [1.54, 1.807) is 31.2 Å². The zero-order valence-corrected chi connectivity index (χ0v) is 26.9. The minimum absolute atomic E-state index is 0.0456. The number of halogens is 4. The predicted octanol–water partition coefficient (Wildman–Crippen LogP) is 4.17. The van der Waals surface area contributed by atoms with Gasteiger partial charge in [-0.15, -0.1) is 13.2 Å². The number of anilines is 1. The molecule has 0 radical (unpaired) electrons. The van der Waals surface area contributed by atoms with Crippen molar-refractivity contribution in [1.29, 1.82) is 0 Å². The van der Waals surface area contributed by atoms with Gasteiger partial charge in [-0.2, -0.15) is 0 Å². The van der Waals surface area contributed by atoms with Crippen molar-refractivity contribution in [2.45, 2.75) is 42.3 Å². The second-order valence-electron chi connectivity index (χ2n) is 10.9. The number of fused-ring (bicyclic) bond motifs is 1. The Morgan fingerprint density at radius 1 is 1.09 bits per heavy atom. The molecule has 2 heterocycles. The fraction of sp³-hybridized carbons (Fsp3) is 0.333. The summed E-state index contributed by atoms with van der Waals surface area (Å²) in [6.07, 6.45) is -6.37. The maximum atomic E-state index is 15.1. The Kier molecular flexibility index (Phi) is 8.44. The van der Waals surface area contributed by atoms with E-state index in [9.17, 15) is 31.5 Å². The first-order valence-corrected chi connectivity index (χ1v) is 15.8. The third-order valence-corrected chi connectivity index (χ3v) is 10.2. The summed E-state index contributed by atoms with van der Waals surface area (Å²) in [5.41, 5.74) is -1.09. The first kappa shape index (κ1) is 32.7. The minimum Gasteiger partial charge on any atom is -0.497 e. The number of carbonyl (C=O) groups is 2. The number of benzene rings is 3. The van der Waals surface area contributed by atoms with Gasteiger partial charge in [0.25, 0.3) is 15.9 Å². The van der Waals surface area contributed by atoms with E-state index in [2.05, 4.69) is 20.7 Å². The quantitative estimate of drug-likeness (QED) is 0.389. The molecule has 0 aromatic heterocycles. The van der Waals surface area contributed by atoms with Gasteiger partial charge >= 0.3 is 6.36 Å². The van der Waals surface area contributed by atoms with Crippen molar-refractivity contribution in [3.8, 4) is 11.5 Å².